The van der Waals surface area contributed by atoms with Gasteiger partial charge in [0.1, 0.15) is 0 Å². The summed E-state index contributed by atoms with van der Waals surface area (Å²) in [6.45, 7) is 7.75. The third kappa shape index (κ3) is 3.34. The Bertz CT molecular complexity index is 320. The fraction of sp³-hybridized carbons (Fsp3) is 0.636. The fourth-order valence-electron chi connectivity index (χ4n) is 2.10. The Morgan fingerprint density at radius 3 is 2.56 bits per heavy atom. The van der Waals surface area contributed by atoms with Gasteiger partial charge >= 0.3 is 0 Å². The summed E-state index contributed by atoms with van der Waals surface area (Å²) < 4.78 is 0. The highest BCUT2D eigenvalue weighted by atomic mass is 35.5. The number of piperazine rings is 1. The molecule has 0 amide bonds. The molecule has 0 radical (unpaired) electrons. The van der Waals surface area contributed by atoms with Crippen molar-refractivity contribution < 1.29 is 0 Å². The molecule has 1 saturated heterocycles. The van der Waals surface area contributed by atoms with E-state index in [0.717, 1.165) is 24.7 Å². The maximum Gasteiger partial charge on any atom is 0.0516 e. The minimum atomic E-state index is 0. The predicted octanol–water partition coefficient (Wildman–Crippen LogP) is 3.01. The number of nitrogens with zero attached hydrogens (tertiary/aromatic N) is 1. The third-order valence-corrected chi connectivity index (χ3v) is 4.24. The van der Waals surface area contributed by atoms with Gasteiger partial charge in [-0.3, -0.25) is 4.90 Å². The standard InChI is InChI=1S/C11H17ClN2S.ClH/c1-8-4-13-5-9(2)14(8)6-11-3-10(12)7-15-11;/h3,7-9,13H,4-6H2,1-2H3;1H/t8-,9+;. The van der Waals surface area contributed by atoms with Crippen LogP contribution in [0.5, 0.6) is 0 Å². The number of hydrogen-bond acceptors (Lipinski definition) is 3. The van der Waals surface area contributed by atoms with E-state index >= 15 is 0 Å². The van der Waals surface area contributed by atoms with Crippen molar-refractivity contribution in [2.45, 2.75) is 32.5 Å². The maximum atomic E-state index is 5.93. The van der Waals surface area contributed by atoms with Crippen LogP contribution in [0.15, 0.2) is 11.4 Å². The van der Waals surface area contributed by atoms with E-state index < -0.39 is 0 Å². The van der Waals surface area contributed by atoms with Gasteiger partial charge in [-0.2, -0.15) is 0 Å². The van der Waals surface area contributed by atoms with Crippen LogP contribution in [0.2, 0.25) is 5.02 Å². The van der Waals surface area contributed by atoms with Gasteiger partial charge in [-0.1, -0.05) is 11.6 Å². The Kier molecular flexibility index (Phi) is 5.54. The number of hydrogen-bond donors (Lipinski definition) is 1. The summed E-state index contributed by atoms with van der Waals surface area (Å²) in [5.41, 5.74) is 0. The lowest BCUT2D eigenvalue weighted by Crippen LogP contribution is -2.54. The van der Waals surface area contributed by atoms with Crippen LogP contribution in [0.1, 0.15) is 18.7 Å². The molecule has 1 aromatic rings. The molecule has 92 valence electrons. The summed E-state index contributed by atoms with van der Waals surface area (Å²) in [7, 11) is 0. The van der Waals surface area contributed by atoms with Gasteiger partial charge < -0.3 is 5.32 Å². The zero-order valence-corrected chi connectivity index (χ0v) is 12.0. The topological polar surface area (TPSA) is 15.3 Å². The summed E-state index contributed by atoms with van der Waals surface area (Å²) >= 11 is 7.68. The first-order valence-electron chi connectivity index (χ1n) is 5.36. The smallest absolute Gasteiger partial charge is 0.0516 e. The minimum absolute atomic E-state index is 0. The Labute approximate surface area is 112 Å². The van der Waals surface area contributed by atoms with Crippen LogP contribution in [0, 0.1) is 0 Å². The van der Waals surface area contributed by atoms with E-state index in [1.54, 1.807) is 11.3 Å². The first-order valence-corrected chi connectivity index (χ1v) is 6.62. The summed E-state index contributed by atoms with van der Waals surface area (Å²) in [5.74, 6) is 0. The van der Waals surface area contributed by atoms with Crippen molar-refractivity contribution in [1.29, 1.82) is 0 Å². The van der Waals surface area contributed by atoms with Crippen LogP contribution in [0.3, 0.4) is 0 Å². The molecule has 1 aliphatic heterocycles. The molecular formula is C11H18Cl2N2S. The second-order valence-electron chi connectivity index (χ2n) is 4.26. The summed E-state index contributed by atoms with van der Waals surface area (Å²) in [5, 5.41) is 6.32. The molecule has 0 spiro atoms. The zero-order chi connectivity index (χ0) is 10.8. The molecule has 16 heavy (non-hydrogen) atoms. The quantitative estimate of drug-likeness (QED) is 0.896. The number of thiophene rings is 1. The molecule has 0 unspecified atom stereocenters. The maximum absolute atomic E-state index is 5.93. The van der Waals surface area contributed by atoms with Gasteiger partial charge in [-0.15, -0.1) is 23.7 Å². The Balaban J connectivity index is 0.00000128. The van der Waals surface area contributed by atoms with Crippen molar-refractivity contribution in [3.63, 3.8) is 0 Å². The highest BCUT2D eigenvalue weighted by Gasteiger charge is 2.24. The lowest BCUT2D eigenvalue weighted by atomic mass is 10.1. The van der Waals surface area contributed by atoms with Gasteiger partial charge in [-0.05, 0) is 19.9 Å². The molecule has 1 aliphatic rings. The molecule has 0 aromatic carbocycles. The van der Waals surface area contributed by atoms with Gasteiger partial charge in [-0.25, -0.2) is 0 Å². The minimum Gasteiger partial charge on any atom is -0.314 e. The molecule has 0 saturated carbocycles. The Hall–Kier alpha value is 0.200. The van der Waals surface area contributed by atoms with Crippen LogP contribution >= 0.6 is 35.3 Å². The summed E-state index contributed by atoms with van der Waals surface area (Å²) in [6, 6.07) is 3.29. The fourth-order valence-corrected chi connectivity index (χ4v) is 3.18. The van der Waals surface area contributed by atoms with E-state index in [9.17, 15) is 0 Å². The van der Waals surface area contributed by atoms with Gasteiger partial charge in [0, 0.05) is 42.0 Å². The van der Waals surface area contributed by atoms with Gasteiger partial charge in [0.2, 0.25) is 0 Å². The summed E-state index contributed by atoms with van der Waals surface area (Å²) in [4.78, 5) is 3.90. The number of halogens is 2. The molecule has 1 fully saturated rings. The van der Waals surface area contributed by atoms with E-state index in [-0.39, 0.29) is 12.4 Å². The van der Waals surface area contributed by atoms with Crippen molar-refractivity contribution in [3.8, 4) is 0 Å². The monoisotopic (exact) mass is 280 g/mol. The average molecular weight is 281 g/mol. The van der Waals surface area contributed by atoms with Gasteiger partial charge in [0.05, 0.1) is 5.02 Å². The SMILES string of the molecule is C[C@@H]1CNC[C@H](C)N1Cc1cc(Cl)cs1.Cl. The molecule has 5 heteroatoms. The van der Waals surface area contributed by atoms with Crippen LogP contribution in [0.4, 0.5) is 0 Å². The first kappa shape index (κ1) is 14.3. The first-order chi connectivity index (χ1) is 7.16. The van der Waals surface area contributed by atoms with Crippen molar-refractivity contribution in [2.24, 2.45) is 0 Å². The highest BCUT2D eigenvalue weighted by molar-refractivity contribution is 7.10. The van der Waals surface area contributed by atoms with E-state index in [0.29, 0.717) is 12.1 Å². The molecule has 0 bridgehead atoms. The third-order valence-electron chi connectivity index (χ3n) is 2.97. The highest BCUT2D eigenvalue weighted by Crippen LogP contribution is 2.23. The van der Waals surface area contributed by atoms with Crippen LogP contribution < -0.4 is 5.32 Å². The lowest BCUT2D eigenvalue weighted by molar-refractivity contribution is 0.110. The second-order valence-corrected chi connectivity index (χ2v) is 5.69. The zero-order valence-electron chi connectivity index (χ0n) is 9.57. The van der Waals surface area contributed by atoms with E-state index in [4.69, 9.17) is 11.6 Å². The van der Waals surface area contributed by atoms with E-state index in [1.165, 1.54) is 4.88 Å². The number of nitrogens with one attached hydrogen (secondary N) is 1. The average Bonchev–Trinajstić information content (AvgIpc) is 2.58. The van der Waals surface area contributed by atoms with Gasteiger partial charge in [0.15, 0.2) is 0 Å². The molecule has 1 aromatic heterocycles. The van der Waals surface area contributed by atoms with E-state index in [2.05, 4.69) is 30.1 Å². The van der Waals surface area contributed by atoms with Crippen LogP contribution in [-0.2, 0) is 6.54 Å². The predicted molar refractivity (Wildman–Crippen MR) is 73.9 cm³/mol. The second kappa shape index (κ2) is 6.22. The van der Waals surface area contributed by atoms with Crippen molar-refractivity contribution >= 4 is 35.3 Å². The van der Waals surface area contributed by atoms with Crippen molar-refractivity contribution in [1.82, 2.24) is 10.2 Å². The van der Waals surface area contributed by atoms with Gasteiger partial charge in [0.25, 0.3) is 0 Å². The molecule has 2 nitrogen and oxygen atoms in total. The molecule has 2 atom stereocenters. The van der Waals surface area contributed by atoms with Crippen LogP contribution in [0.25, 0.3) is 0 Å². The normalized spacial score (nSPS) is 26.4. The summed E-state index contributed by atoms with van der Waals surface area (Å²) in [6.07, 6.45) is 0. The molecule has 1 N–H and O–H groups in total. The Morgan fingerprint density at radius 2 is 2.06 bits per heavy atom. The molecular weight excluding hydrogens is 263 g/mol. The van der Waals surface area contributed by atoms with E-state index in [1.807, 2.05) is 5.38 Å². The number of rotatable bonds is 2. The van der Waals surface area contributed by atoms with Crippen LogP contribution in [-0.4, -0.2) is 30.1 Å². The lowest BCUT2D eigenvalue weighted by Gasteiger charge is -2.39. The molecule has 0 aliphatic carbocycles. The largest absolute Gasteiger partial charge is 0.314 e. The molecule has 2 rings (SSSR count). The Morgan fingerprint density at radius 1 is 1.44 bits per heavy atom. The van der Waals surface area contributed by atoms with Crippen molar-refractivity contribution in [3.05, 3.63) is 21.3 Å². The molecule has 2 heterocycles. The van der Waals surface area contributed by atoms with Crippen molar-refractivity contribution in [2.75, 3.05) is 13.1 Å².